The number of ether oxygens (including phenoxy) is 2. The molecule has 3 unspecified atom stereocenters. The molecule has 1 fully saturated rings. The minimum Gasteiger partial charge on any atom is -0.382 e. The van der Waals surface area contributed by atoms with Gasteiger partial charge in [-0.25, -0.2) is 0 Å². The van der Waals surface area contributed by atoms with Crippen LogP contribution in [-0.2, 0) is 9.47 Å². The second-order valence-electron chi connectivity index (χ2n) is 8.38. The van der Waals surface area contributed by atoms with Crippen molar-refractivity contribution in [2.45, 2.75) is 78.6 Å². The van der Waals surface area contributed by atoms with Crippen LogP contribution in [0.1, 0.15) is 60.8 Å². The molecule has 0 spiro atoms. The van der Waals surface area contributed by atoms with Gasteiger partial charge in [-0.1, -0.05) is 20.8 Å². The van der Waals surface area contributed by atoms with E-state index in [1.165, 1.54) is 12.8 Å². The molecule has 1 saturated carbocycles. The van der Waals surface area contributed by atoms with Crippen molar-refractivity contribution < 1.29 is 9.47 Å². The van der Waals surface area contributed by atoms with E-state index in [2.05, 4.69) is 46.9 Å². The second kappa shape index (κ2) is 7.24. The highest BCUT2D eigenvalue weighted by molar-refractivity contribution is 4.84. The molecule has 1 aliphatic rings. The molecular weight excluding hydrogens is 250 g/mol. The van der Waals surface area contributed by atoms with Crippen molar-refractivity contribution in [2.24, 2.45) is 11.3 Å². The zero-order valence-electron chi connectivity index (χ0n) is 14.6. The number of hydrogen-bond acceptors (Lipinski definition) is 3. The van der Waals surface area contributed by atoms with Gasteiger partial charge in [0.2, 0.25) is 0 Å². The SMILES string of the molecule is COCC(CNC(C)(C)C)OC1CC(C)CC(C)(C)C1. The summed E-state index contributed by atoms with van der Waals surface area (Å²) in [5, 5.41) is 3.52. The lowest BCUT2D eigenvalue weighted by molar-refractivity contribution is -0.0870. The number of methoxy groups -OCH3 is 1. The van der Waals surface area contributed by atoms with Gasteiger partial charge in [0.1, 0.15) is 0 Å². The van der Waals surface area contributed by atoms with Gasteiger partial charge in [0.25, 0.3) is 0 Å². The van der Waals surface area contributed by atoms with Gasteiger partial charge in [-0.3, -0.25) is 0 Å². The molecule has 3 nitrogen and oxygen atoms in total. The predicted molar refractivity (Wildman–Crippen MR) is 85.1 cm³/mol. The summed E-state index contributed by atoms with van der Waals surface area (Å²) in [6.45, 7) is 15.1. The standard InChI is InChI=1S/C17H35NO2/c1-13-8-14(10-17(5,6)9-13)20-15(12-19-7)11-18-16(2,3)4/h13-15,18H,8-12H2,1-7H3. The van der Waals surface area contributed by atoms with Crippen LogP contribution >= 0.6 is 0 Å². The summed E-state index contributed by atoms with van der Waals surface area (Å²) in [5.74, 6) is 0.752. The molecule has 0 aromatic carbocycles. The van der Waals surface area contributed by atoms with Crippen molar-refractivity contribution in [1.82, 2.24) is 5.32 Å². The van der Waals surface area contributed by atoms with E-state index in [1.54, 1.807) is 7.11 Å². The van der Waals surface area contributed by atoms with E-state index in [1.807, 2.05) is 0 Å². The third-order valence-electron chi connectivity index (χ3n) is 3.94. The summed E-state index contributed by atoms with van der Waals surface area (Å²) in [6.07, 6.45) is 4.16. The Morgan fingerprint density at radius 2 is 1.90 bits per heavy atom. The summed E-state index contributed by atoms with van der Waals surface area (Å²) in [4.78, 5) is 0. The van der Waals surface area contributed by atoms with Gasteiger partial charge in [-0.15, -0.1) is 0 Å². The molecule has 3 heteroatoms. The van der Waals surface area contributed by atoms with Gasteiger partial charge in [-0.05, 0) is 51.4 Å². The van der Waals surface area contributed by atoms with Crippen LogP contribution < -0.4 is 5.32 Å². The lowest BCUT2D eigenvalue weighted by atomic mass is 9.71. The highest BCUT2D eigenvalue weighted by Crippen LogP contribution is 2.39. The Morgan fingerprint density at radius 1 is 1.25 bits per heavy atom. The lowest BCUT2D eigenvalue weighted by Crippen LogP contribution is -2.45. The van der Waals surface area contributed by atoms with Crippen LogP contribution in [0.4, 0.5) is 0 Å². The summed E-state index contributed by atoms with van der Waals surface area (Å²) in [7, 11) is 1.75. The van der Waals surface area contributed by atoms with Crippen molar-refractivity contribution in [3.8, 4) is 0 Å². The molecule has 0 aromatic rings. The Bertz CT molecular complexity index is 283. The van der Waals surface area contributed by atoms with E-state index in [0.717, 1.165) is 18.9 Å². The monoisotopic (exact) mass is 285 g/mol. The molecule has 1 rings (SSSR count). The van der Waals surface area contributed by atoms with Crippen LogP contribution in [0.5, 0.6) is 0 Å². The largest absolute Gasteiger partial charge is 0.382 e. The van der Waals surface area contributed by atoms with Crippen LogP contribution in [0.2, 0.25) is 0 Å². The minimum absolute atomic E-state index is 0.120. The molecule has 3 atom stereocenters. The summed E-state index contributed by atoms with van der Waals surface area (Å²) in [6, 6.07) is 0. The van der Waals surface area contributed by atoms with E-state index in [9.17, 15) is 0 Å². The van der Waals surface area contributed by atoms with E-state index in [4.69, 9.17) is 9.47 Å². The molecular formula is C17H35NO2. The fourth-order valence-electron chi connectivity index (χ4n) is 3.39. The van der Waals surface area contributed by atoms with E-state index in [0.29, 0.717) is 18.1 Å². The maximum Gasteiger partial charge on any atom is 0.0936 e. The minimum atomic E-state index is 0.120. The van der Waals surface area contributed by atoms with Gasteiger partial charge < -0.3 is 14.8 Å². The van der Waals surface area contributed by atoms with Crippen molar-refractivity contribution >= 4 is 0 Å². The smallest absolute Gasteiger partial charge is 0.0936 e. The predicted octanol–water partition coefficient (Wildman–Crippen LogP) is 3.62. The first-order valence-electron chi connectivity index (χ1n) is 8.01. The Morgan fingerprint density at radius 3 is 2.40 bits per heavy atom. The van der Waals surface area contributed by atoms with E-state index >= 15 is 0 Å². The first kappa shape index (κ1) is 17.9. The Hall–Kier alpha value is -0.120. The number of hydrogen-bond donors (Lipinski definition) is 1. The molecule has 0 heterocycles. The van der Waals surface area contributed by atoms with E-state index < -0.39 is 0 Å². The van der Waals surface area contributed by atoms with Crippen LogP contribution in [0.3, 0.4) is 0 Å². The zero-order valence-corrected chi connectivity index (χ0v) is 14.6. The molecule has 0 aliphatic heterocycles. The van der Waals surface area contributed by atoms with Crippen LogP contribution in [0.25, 0.3) is 0 Å². The molecule has 0 bridgehead atoms. The summed E-state index contributed by atoms with van der Waals surface area (Å²) >= 11 is 0. The summed E-state index contributed by atoms with van der Waals surface area (Å²) < 4.78 is 11.7. The van der Waals surface area contributed by atoms with Crippen molar-refractivity contribution in [3.05, 3.63) is 0 Å². The highest BCUT2D eigenvalue weighted by Gasteiger charge is 2.33. The molecule has 20 heavy (non-hydrogen) atoms. The molecule has 0 amide bonds. The maximum absolute atomic E-state index is 6.35. The molecule has 1 N–H and O–H groups in total. The van der Waals surface area contributed by atoms with Gasteiger partial charge in [-0.2, -0.15) is 0 Å². The first-order valence-corrected chi connectivity index (χ1v) is 8.01. The summed E-state index contributed by atoms with van der Waals surface area (Å²) in [5.41, 5.74) is 0.520. The van der Waals surface area contributed by atoms with Gasteiger partial charge in [0, 0.05) is 19.2 Å². The number of rotatable bonds is 6. The fraction of sp³-hybridized carbons (Fsp3) is 1.00. The normalized spacial score (nSPS) is 28.4. The molecule has 1 aliphatic carbocycles. The lowest BCUT2D eigenvalue weighted by Gasteiger charge is -2.40. The Kier molecular flexibility index (Phi) is 6.49. The number of nitrogens with one attached hydrogen (secondary N) is 1. The van der Waals surface area contributed by atoms with Crippen LogP contribution in [0.15, 0.2) is 0 Å². The van der Waals surface area contributed by atoms with Gasteiger partial charge in [0.15, 0.2) is 0 Å². The molecule has 0 saturated heterocycles. The maximum atomic E-state index is 6.35. The molecule has 0 radical (unpaired) electrons. The molecule has 120 valence electrons. The third-order valence-corrected chi connectivity index (χ3v) is 3.94. The van der Waals surface area contributed by atoms with Crippen LogP contribution in [0, 0.1) is 11.3 Å². The third kappa shape index (κ3) is 7.05. The molecule has 0 aromatic heterocycles. The Balaban J connectivity index is 2.51. The van der Waals surface area contributed by atoms with Crippen molar-refractivity contribution in [3.63, 3.8) is 0 Å². The zero-order chi connectivity index (χ0) is 15.4. The average molecular weight is 285 g/mol. The highest BCUT2D eigenvalue weighted by atomic mass is 16.5. The second-order valence-corrected chi connectivity index (χ2v) is 8.38. The van der Waals surface area contributed by atoms with Crippen molar-refractivity contribution in [2.75, 3.05) is 20.3 Å². The Labute approximate surface area is 125 Å². The topological polar surface area (TPSA) is 30.5 Å². The van der Waals surface area contributed by atoms with E-state index in [-0.39, 0.29) is 11.6 Å². The first-order chi connectivity index (χ1) is 9.11. The average Bonchev–Trinajstić information content (AvgIpc) is 2.22. The van der Waals surface area contributed by atoms with Crippen LogP contribution in [-0.4, -0.2) is 38.0 Å². The van der Waals surface area contributed by atoms with Gasteiger partial charge >= 0.3 is 0 Å². The van der Waals surface area contributed by atoms with Gasteiger partial charge in [0.05, 0.1) is 18.8 Å². The van der Waals surface area contributed by atoms with Crippen molar-refractivity contribution in [1.29, 1.82) is 0 Å². The quantitative estimate of drug-likeness (QED) is 0.808. The fourth-order valence-corrected chi connectivity index (χ4v) is 3.39.